The summed E-state index contributed by atoms with van der Waals surface area (Å²) in [5.74, 6) is 6.20. The van der Waals surface area contributed by atoms with Crippen molar-refractivity contribution in [2.75, 3.05) is 0 Å². The molecular formula is C15H20N4S. The molecule has 106 valence electrons. The topological polar surface area (TPSA) is 63.8 Å². The third-order valence-corrected chi connectivity index (χ3v) is 4.99. The molecule has 0 aromatic carbocycles. The molecule has 0 aliphatic heterocycles. The molecule has 0 amide bonds. The predicted octanol–water partition coefficient (Wildman–Crippen LogP) is 2.34. The summed E-state index contributed by atoms with van der Waals surface area (Å²) in [5, 5.41) is 3.24. The second-order valence-corrected chi connectivity index (χ2v) is 6.35. The van der Waals surface area contributed by atoms with Gasteiger partial charge in [0.1, 0.15) is 0 Å². The summed E-state index contributed by atoms with van der Waals surface area (Å²) in [6.45, 7) is 2.03. The molecule has 3 N–H and O–H groups in total. The molecule has 2 heterocycles. The number of rotatable bonds is 4. The van der Waals surface area contributed by atoms with Gasteiger partial charge in [-0.05, 0) is 37.8 Å². The summed E-state index contributed by atoms with van der Waals surface area (Å²) in [6.07, 6.45) is 6.24. The Morgan fingerprint density at radius 3 is 3.20 bits per heavy atom. The maximum absolute atomic E-state index is 5.81. The highest BCUT2D eigenvalue weighted by Gasteiger charge is 2.29. The molecule has 4 nitrogen and oxygen atoms in total. The van der Waals surface area contributed by atoms with Gasteiger partial charge in [-0.25, -0.2) is 4.98 Å². The van der Waals surface area contributed by atoms with Gasteiger partial charge < -0.3 is 0 Å². The van der Waals surface area contributed by atoms with Crippen molar-refractivity contribution in [2.45, 2.75) is 44.6 Å². The first kappa shape index (κ1) is 13.7. The minimum atomic E-state index is 0.203. The highest BCUT2D eigenvalue weighted by molar-refractivity contribution is 7.09. The van der Waals surface area contributed by atoms with Crippen molar-refractivity contribution in [3.63, 3.8) is 0 Å². The number of hydrazine groups is 1. The van der Waals surface area contributed by atoms with Crippen LogP contribution in [0.4, 0.5) is 0 Å². The number of aryl methyl sites for hydroxylation is 2. The van der Waals surface area contributed by atoms with Crippen molar-refractivity contribution in [1.29, 1.82) is 0 Å². The molecule has 0 saturated heterocycles. The van der Waals surface area contributed by atoms with Crippen LogP contribution in [0.3, 0.4) is 0 Å². The van der Waals surface area contributed by atoms with E-state index in [4.69, 9.17) is 5.84 Å². The zero-order chi connectivity index (χ0) is 13.9. The molecule has 0 saturated carbocycles. The molecule has 2 aromatic heterocycles. The lowest BCUT2D eigenvalue weighted by atomic mass is 9.81. The molecule has 0 fully saturated rings. The van der Waals surface area contributed by atoms with Crippen LogP contribution >= 0.6 is 11.3 Å². The van der Waals surface area contributed by atoms with E-state index >= 15 is 0 Å². The van der Waals surface area contributed by atoms with E-state index in [1.165, 1.54) is 17.7 Å². The quantitative estimate of drug-likeness (QED) is 0.669. The van der Waals surface area contributed by atoms with Crippen LogP contribution in [0.1, 0.15) is 40.7 Å². The van der Waals surface area contributed by atoms with Gasteiger partial charge in [-0.3, -0.25) is 16.3 Å². The van der Waals surface area contributed by atoms with E-state index in [1.807, 2.05) is 19.2 Å². The molecule has 1 aliphatic carbocycles. The average molecular weight is 288 g/mol. The lowest BCUT2D eigenvalue weighted by molar-refractivity contribution is 0.387. The maximum Gasteiger partial charge on any atom is 0.0944 e. The number of hydrogen-bond acceptors (Lipinski definition) is 5. The van der Waals surface area contributed by atoms with Gasteiger partial charge in [0, 0.05) is 41.3 Å². The smallest absolute Gasteiger partial charge is 0.0944 e. The minimum Gasteiger partial charge on any atom is -0.271 e. The van der Waals surface area contributed by atoms with Crippen LogP contribution < -0.4 is 11.3 Å². The van der Waals surface area contributed by atoms with Gasteiger partial charge in [-0.2, -0.15) is 0 Å². The van der Waals surface area contributed by atoms with Gasteiger partial charge in [-0.1, -0.05) is 6.07 Å². The number of aromatic nitrogens is 2. The van der Waals surface area contributed by atoms with Crippen LogP contribution in [0, 0.1) is 6.92 Å². The number of thiazole rings is 1. The number of pyridine rings is 1. The first-order valence-electron chi connectivity index (χ1n) is 7.09. The van der Waals surface area contributed by atoms with Crippen LogP contribution in [0.25, 0.3) is 0 Å². The lowest BCUT2D eigenvalue weighted by Gasteiger charge is -2.30. The van der Waals surface area contributed by atoms with E-state index in [0.29, 0.717) is 5.92 Å². The molecule has 2 unspecified atom stereocenters. The molecule has 0 spiro atoms. The Bertz CT molecular complexity index is 581. The minimum absolute atomic E-state index is 0.203. The molecule has 5 heteroatoms. The van der Waals surface area contributed by atoms with Crippen molar-refractivity contribution in [3.8, 4) is 0 Å². The van der Waals surface area contributed by atoms with E-state index in [0.717, 1.165) is 30.0 Å². The monoisotopic (exact) mass is 288 g/mol. The van der Waals surface area contributed by atoms with Crippen molar-refractivity contribution in [1.82, 2.24) is 15.4 Å². The fourth-order valence-electron chi connectivity index (χ4n) is 3.04. The third-order valence-electron chi connectivity index (χ3n) is 4.00. The van der Waals surface area contributed by atoms with E-state index in [1.54, 1.807) is 11.3 Å². The Morgan fingerprint density at radius 1 is 1.55 bits per heavy atom. The van der Waals surface area contributed by atoms with Crippen molar-refractivity contribution < 1.29 is 0 Å². The molecule has 1 aliphatic rings. The SMILES string of the molecule is Cc1csc(CC(NN)C2CCCc3cccnc32)n1. The summed E-state index contributed by atoms with van der Waals surface area (Å²) < 4.78 is 0. The van der Waals surface area contributed by atoms with Crippen LogP contribution in [0.5, 0.6) is 0 Å². The molecule has 3 rings (SSSR count). The van der Waals surface area contributed by atoms with Gasteiger partial charge in [0.2, 0.25) is 0 Å². The average Bonchev–Trinajstić information content (AvgIpc) is 2.89. The molecule has 2 atom stereocenters. The van der Waals surface area contributed by atoms with E-state index in [-0.39, 0.29) is 6.04 Å². The summed E-state index contributed by atoms with van der Waals surface area (Å²) in [7, 11) is 0. The molecule has 2 aromatic rings. The number of nitrogens with two attached hydrogens (primary N) is 1. The van der Waals surface area contributed by atoms with Gasteiger partial charge in [0.05, 0.1) is 5.01 Å². The summed E-state index contributed by atoms with van der Waals surface area (Å²) in [5.41, 5.74) is 6.68. The highest BCUT2D eigenvalue weighted by atomic mass is 32.1. The number of fused-ring (bicyclic) bond motifs is 1. The summed E-state index contributed by atoms with van der Waals surface area (Å²) in [6, 6.07) is 4.42. The van der Waals surface area contributed by atoms with Gasteiger partial charge in [-0.15, -0.1) is 11.3 Å². The highest BCUT2D eigenvalue weighted by Crippen LogP contribution is 2.33. The van der Waals surface area contributed by atoms with E-state index < -0.39 is 0 Å². The number of nitrogens with zero attached hydrogens (tertiary/aromatic N) is 2. The number of nitrogens with one attached hydrogen (secondary N) is 1. The zero-order valence-corrected chi connectivity index (χ0v) is 12.5. The maximum atomic E-state index is 5.81. The fraction of sp³-hybridized carbons (Fsp3) is 0.467. The third kappa shape index (κ3) is 2.75. The Balaban J connectivity index is 1.83. The first-order valence-corrected chi connectivity index (χ1v) is 7.97. The Labute approximate surface area is 123 Å². The predicted molar refractivity (Wildman–Crippen MR) is 81.6 cm³/mol. The van der Waals surface area contributed by atoms with Crippen molar-refractivity contribution >= 4 is 11.3 Å². The fourth-order valence-corrected chi connectivity index (χ4v) is 3.87. The second kappa shape index (κ2) is 5.99. The second-order valence-electron chi connectivity index (χ2n) is 5.41. The Kier molecular flexibility index (Phi) is 4.10. The van der Waals surface area contributed by atoms with Gasteiger partial charge in [0.25, 0.3) is 0 Å². The first-order chi connectivity index (χ1) is 9.78. The van der Waals surface area contributed by atoms with Crippen molar-refractivity contribution in [2.24, 2.45) is 5.84 Å². The standard InChI is InChI=1S/C15H20N4S/c1-10-9-20-14(18-10)8-13(19-16)12-6-2-4-11-5-3-7-17-15(11)12/h3,5,7,9,12-13,19H,2,4,6,8,16H2,1H3. The van der Waals surface area contributed by atoms with Gasteiger partial charge >= 0.3 is 0 Å². The van der Waals surface area contributed by atoms with E-state index in [2.05, 4.69) is 26.8 Å². The van der Waals surface area contributed by atoms with Crippen LogP contribution in [-0.4, -0.2) is 16.0 Å². The largest absolute Gasteiger partial charge is 0.271 e. The van der Waals surface area contributed by atoms with Crippen LogP contribution in [-0.2, 0) is 12.8 Å². The van der Waals surface area contributed by atoms with Crippen LogP contribution in [0.15, 0.2) is 23.7 Å². The zero-order valence-electron chi connectivity index (χ0n) is 11.7. The number of hydrogen-bond donors (Lipinski definition) is 2. The van der Waals surface area contributed by atoms with Crippen LogP contribution in [0.2, 0.25) is 0 Å². The molecule has 20 heavy (non-hydrogen) atoms. The molecule has 0 bridgehead atoms. The van der Waals surface area contributed by atoms with Crippen molar-refractivity contribution in [3.05, 3.63) is 45.7 Å². The Hall–Kier alpha value is -1.30. The lowest BCUT2D eigenvalue weighted by Crippen LogP contribution is -2.42. The summed E-state index contributed by atoms with van der Waals surface area (Å²) >= 11 is 1.71. The van der Waals surface area contributed by atoms with E-state index in [9.17, 15) is 0 Å². The Morgan fingerprint density at radius 2 is 2.45 bits per heavy atom. The molecule has 0 radical (unpaired) electrons. The van der Waals surface area contributed by atoms with Gasteiger partial charge in [0.15, 0.2) is 0 Å². The molecular weight excluding hydrogens is 268 g/mol. The summed E-state index contributed by atoms with van der Waals surface area (Å²) in [4.78, 5) is 9.16. The normalized spacial score (nSPS) is 19.6.